The van der Waals surface area contributed by atoms with Crippen molar-refractivity contribution in [2.75, 3.05) is 10.6 Å². The van der Waals surface area contributed by atoms with Gasteiger partial charge in [0.1, 0.15) is 17.3 Å². The zero-order valence-electron chi connectivity index (χ0n) is 15.9. The summed E-state index contributed by atoms with van der Waals surface area (Å²) in [6, 6.07) is 10.2. The smallest absolute Gasteiger partial charge is 0.275 e. The number of nitrogens with one attached hydrogen (secondary N) is 2. The van der Waals surface area contributed by atoms with Crippen LogP contribution < -0.4 is 10.6 Å². The molecular weight excluding hydrogens is 378 g/mol. The summed E-state index contributed by atoms with van der Waals surface area (Å²) < 4.78 is 28.3. The number of hydrogen-bond donors (Lipinski definition) is 2. The molecule has 2 amide bonds. The van der Waals surface area contributed by atoms with Gasteiger partial charge in [0.2, 0.25) is 5.91 Å². The number of hydrogen-bond acceptors (Lipinski definition) is 3. The molecule has 0 spiro atoms. The van der Waals surface area contributed by atoms with Crippen molar-refractivity contribution >= 4 is 23.2 Å². The molecule has 1 heterocycles. The molecule has 2 aromatic carbocycles. The predicted octanol–water partition coefficient (Wildman–Crippen LogP) is 4.06. The van der Waals surface area contributed by atoms with E-state index in [1.807, 2.05) is 26.0 Å². The van der Waals surface area contributed by atoms with Gasteiger partial charge in [-0.2, -0.15) is 0 Å². The highest BCUT2D eigenvalue weighted by atomic mass is 19.1. The second kappa shape index (κ2) is 8.64. The molecule has 150 valence electrons. The van der Waals surface area contributed by atoms with Crippen LogP contribution in [0, 0.1) is 17.6 Å². The van der Waals surface area contributed by atoms with Crippen LogP contribution in [-0.2, 0) is 11.3 Å². The van der Waals surface area contributed by atoms with E-state index in [-0.39, 0.29) is 23.2 Å². The molecule has 6 nitrogen and oxygen atoms in total. The third kappa shape index (κ3) is 5.25. The van der Waals surface area contributed by atoms with E-state index in [1.54, 1.807) is 16.7 Å². The average molecular weight is 398 g/mol. The lowest BCUT2D eigenvalue weighted by Gasteiger charge is -2.09. The molecule has 0 aliphatic heterocycles. The van der Waals surface area contributed by atoms with Crippen molar-refractivity contribution in [2.45, 2.75) is 20.4 Å². The van der Waals surface area contributed by atoms with Crippen LogP contribution in [0.5, 0.6) is 0 Å². The molecule has 0 fully saturated rings. The number of imidazole rings is 1. The number of rotatable bonds is 6. The lowest BCUT2D eigenvalue weighted by Crippen LogP contribution is -2.17. The normalized spacial score (nSPS) is 10.8. The molecule has 3 rings (SSSR count). The van der Waals surface area contributed by atoms with E-state index >= 15 is 0 Å². The number of carbonyl (C=O) groups is 2. The third-order valence-electron chi connectivity index (χ3n) is 4.16. The van der Waals surface area contributed by atoms with Crippen LogP contribution in [0.4, 0.5) is 20.2 Å². The van der Waals surface area contributed by atoms with Gasteiger partial charge in [-0.1, -0.05) is 26.0 Å². The van der Waals surface area contributed by atoms with Crippen LogP contribution in [0.2, 0.25) is 0 Å². The summed E-state index contributed by atoms with van der Waals surface area (Å²) in [5, 5.41) is 5.19. The summed E-state index contributed by atoms with van der Waals surface area (Å²) in [5.41, 5.74) is 1.64. The highest BCUT2D eigenvalue weighted by molar-refractivity contribution is 6.02. The van der Waals surface area contributed by atoms with E-state index in [0.717, 1.165) is 17.7 Å². The van der Waals surface area contributed by atoms with Crippen LogP contribution in [0.1, 0.15) is 29.9 Å². The van der Waals surface area contributed by atoms with Crippen LogP contribution in [0.15, 0.2) is 55.0 Å². The Bertz CT molecular complexity index is 1030. The molecule has 0 unspecified atom stereocenters. The van der Waals surface area contributed by atoms with Crippen LogP contribution in [-0.4, -0.2) is 21.4 Å². The fourth-order valence-corrected chi connectivity index (χ4v) is 2.53. The second-order valence-electron chi connectivity index (χ2n) is 6.85. The van der Waals surface area contributed by atoms with E-state index < -0.39 is 17.5 Å². The first kappa shape index (κ1) is 20.2. The summed E-state index contributed by atoms with van der Waals surface area (Å²) in [6.45, 7) is 4.10. The molecule has 0 atom stereocenters. The first-order valence-corrected chi connectivity index (χ1v) is 9.00. The number of nitrogens with zero attached hydrogens (tertiary/aromatic N) is 2. The van der Waals surface area contributed by atoms with E-state index in [4.69, 9.17) is 0 Å². The minimum Gasteiger partial charge on any atom is -0.332 e. The van der Waals surface area contributed by atoms with Gasteiger partial charge in [-0.25, -0.2) is 13.8 Å². The topological polar surface area (TPSA) is 76.0 Å². The van der Waals surface area contributed by atoms with Gasteiger partial charge in [0.05, 0.1) is 12.0 Å². The quantitative estimate of drug-likeness (QED) is 0.658. The fraction of sp³-hybridized carbons (Fsp3) is 0.190. The summed E-state index contributed by atoms with van der Waals surface area (Å²) in [4.78, 5) is 28.0. The highest BCUT2D eigenvalue weighted by Crippen LogP contribution is 2.16. The third-order valence-corrected chi connectivity index (χ3v) is 4.16. The minimum atomic E-state index is -0.859. The van der Waals surface area contributed by atoms with Crippen molar-refractivity contribution in [1.82, 2.24) is 9.55 Å². The molecule has 0 saturated heterocycles. The molecule has 8 heteroatoms. The Labute approximate surface area is 166 Å². The van der Waals surface area contributed by atoms with E-state index in [9.17, 15) is 18.4 Å². The van der Waals surface area contributed by atoms with Gasteiger partial charge in [0, 0.05) is 30.4 Å². The molecule has 0 aliphatic carbocycles. The monoisotopic (exact) mass is 398 g/mol. The van der Waals surface area contributed by atoms with E-state index in [0.29, 0.717) is 18.3 Å². The van der Waals surface area contributed by atoms with Crippen LogP contribution >= 0.6 is 0 Å². The van der Waals surface area contributed by atoms with Gasteiger partial charge in [-0.3, -0.25) is 9.59 Å². The Kier molecular flexibility index (Phi) is 6.01. The Morgan fingerprint density at radius 1 is 1.07 bits per heavy atom. The molecule has 0 saturated carbocycles. The maximum absolute atomic E-state index is 13.7. The maximum atomic E-state index is 13.7. The standard InChI is InChI=1S/C21H20F2N4O2/c1-13(2)20(28)25-16-6-3-14(4-7-16)10-27-11-19(24-12-27)21(29)26-18-8-5-15(22)9-17(18)23/h3-9,11-13H,10H2,1-2H3,(H,25,28)(H,26,29). The van der Waals surface area contributed by atoms with Crippen molar-refractivity contribution in [1.29, 1.82) is 0 Å². The first-order chi connectivity index (χ1) is 13.8. The Morgan fingerprint density at radius 3 is 2.45 bits per heavy atom. The van der Waals surface area contributed by atoms with Crippen molar-refractivity contribution in [3.63, 3.8) is 0 Å². The second-order valence-corrected chi connectivity index (χ2v) is 6.85. The number of amides is 2. The van der Waals surface area contributed by atoms with Crippen molar-refractivity contribution in [2.24, 2.45) is 5.92 Å². The van der Waals surface area contributed by atoms with E-state index in [2.05, 4.69) is 15.6 Å². The Hall–Kier alpha value is -3.55. The van der Waals surface area contributed by atoms with Gasteiger partial charge in [-0.15, -0.1) is 0 Å². The molecular formula is C21H20F2N4O2. The van der Waals surface area contributed by atoms with Crippen molar-refractivity contribution < 1.29 is 18.4 Å². The molecule has 0 radical (unpaired) electrons. The summed E-state index contributed by atoms with van der Waals surface area (Å²) in [5.74, 6) is -2.34. The van der Waals surface area contributed by atoms with Gasteiger partial charge >= 0.3 is 0 Å². The molecule has 1 aromatic heterocycles. The SMILES string of the molecule is CC(C)C(=O)Nc1ccc(Cn2cnc(C(=O)Nc3ccc(F)cc3F)c2)cc1. The predicted molar refractivity (Wildman–Crippen MR) is 106 cm³/mol. The molecule has 0 bridgehead atoms. The lowest BCUT2D eigenvalue weighted by atomic mass is 10.1. The number of halogens is 2. The lowest BCUT2D eigenvalue weighted by molar-refractivity contribution is -0.118. The summed E-state index contributed by atoms with van der Waals surface area (Å²) in [7, 11) is 0. The number of benzene rings is 2. The average Bonchev–Trinajstić information content (AvgIpc) is 3.14. The van der Waals surface area contributed by atoms with E-state index in [1.165, 1.54) is 12.5 Å². The molecule has 2 N–H and O–H groups in total. The van der Waals surface area contributed by atoms with Gasteiger partial charge < -0.3 is 15.2 Å². The summed E-state index contributed by atoms with van der Waals surface area (Å²) in [6.07, 6.45) is 3.02. The zero-order valence-corrected chi connectivity index (χ0v) is 15.9. The fourth-order valence-electron chi connectivity index (χ4n) is 2.53. The van der Waals surface area contributed by atoms with Crippen molar-refractivity contribution in [3.05, 3.63) is 77.9 Å². The largest absolute Gasteiger partial charge is 0.332 e. The number of carbonyl (C=O) groups excluding carboxylic acids is 2. The highest BCUT2D eigenvalue weighted by Gasteiger charge is 2.13. The number of aromatic nitrogens is 2. The Balaban J connectivity index is 1.62. The maximum Gasteiger partial charge on any atom is 0.275 e. The van der Waals surface area contributed by atoms with Crippen molar-refractivity contribution in [3.8, 4) is 0 Å². The molecule has 3 aromatic rings. The van der Waals surface area contributed by atoms with Crippen LogP contribution in [0.3, 0.4) is 0 Å². The Morgan fingerprint density at radius 2 is 1.79 bits per heavy atom. The molecule has 29 heavy (non-hydrogen) atoms. The van der Waals surface area contributed by atoms with Gasteiger partial charge in [0.25, 0.3) is 5.91 Å². The van der Waals surface area contributed by atoms with Gasteiger partial charge in [-0.05, 0) is 29.8 Å². The summed E-state index contributed by atoms with van der Waals surface area (Å²) >= 11 is 0. The first-order valence-electron chi connectivity index (χ1n) is 9.00. The van der Waals surface area contributed by atoms with Gasteiger partial charge in [0.15, 0.2) is 0 Å². The molecule has 0 aliphatic rings. The minimum absolute atomic E-state index is 0.0550. The number of anilines is 2. The van der Waals surface area contributed by atoms with Crippen LogP contribution in [0.25, 0.3) is 0 Å². The zero-order chi connectivity index (χ0) is 21.0.